The Kier molecular flexibility index (Phi) is 7.00. The minimum atomic E-state index is -0.252. The minimum Gasteiger partial charge on any atom is -0.493 e. The summed E-state index contributed by atoms with van der Waals surface area (Å²) in [6, 6.07) is 23.7. The van der Waals surface area contributed by atoms with Gasteiger partial charge in [0.2, 0.25) is 0 Å². The van der Waals surface area contributed by atoms with Gasteiger partial charge in [0.25, 0.3) is 11.8 Å². The van der Waals surface area contributed by atoms with Crippen molar-refractivity contribution < 1.29 is 14.3 Å². The van der Waals surface area contributed by atoms with E-state index in [1.807, 2.05) is 43.3 Å². The first-order valence-electron chi connectivity index (χ1n) is 9.62. The Morgan fingerprint density at radius 1 is 0.828 bits per heavy atom. The fourth-order valence-electron chi connectivity index (χ4n) is 2.78. The van der Waals surface area contributed by atoms with Gasteiger partial charge in [0.05, 0.1) is 12.2 Å². The molecule has 0 aliphatic carbocycles. The molecule has 3 aromatic carbocycles. The second-order valence-corrected chi connectivity index (χ2v) is 6.54. The van der Waals surface area contributed by atoms with E-state index in [4.69, 9.17) is 4.74 Å². The number of benzene rings is 3. The van der Waals surface area contributed by atoms with Crippen molar-refractivity contribution >= 4 is 17.5 Å². The van der Waals surface area contributed by atoms with Crippen molar-refractivity contribution in [1.29, 1.82) is 0 Å². The normalized spacial score (nSPS) is 10.2. The summed E-state index contributed by atoms with van der Waals surface area (Å²) < 4.78 is 5.65. The van der Waals surface area contributed by atoms with Crippen LogP contribution in [0.2, 0.25) is 0 Å². The van der Waals surface area contributed by atoms with E-state index in [0.717, 1.165) is 12.0 Å². The van der Waals surface area contributed by atoms with Crippen LogP contribution in [0.5, 0.6) is 5.75 Å². The third-order valence-corrected chi connectivity index (χ3v) is 4.29. The first-order valence-corrected chi connectivity index (χ1v) is 9.62. The molecule has 0 radical (unpaired) electrons. The van der Waals surface area contributed by atoms with Gasteiger partial charge in [-0.25, -0.2) is 0 Å². The van der Waals surface area contributed by atoms with E-state index >= 15 is 0 Å². The van der Waals surface area contributed by atoms with Gasteiger partial charge in [0.15, 0.2) is 0 Å². The molecule has 5 heteroatoms. The lowest BCUT2D eigenvalue weighted by atomic mass is 10.1. The summed E-state index contributed by atoms with van der Waals surface area (Å²) in [6.45, 7) is 3.03. The standard InChI is InChI=1S/C24H24N2O3/c1-2-16-29-22-11-7-6-10-21(22)24(28)26-20-14-12-19(13-15-20)23(27)25-17-18-8-4-3-5-9-18/h3-15H,2,16-17H2,1H3,(H,25,27)(H,26,28). The van der Waals surface area contributed by atoms with Crippen LogP contribution in [0.4, 0.5) is 5.69 Å². The largest absolute Gasteiger partial charge is 0.493 e. The molecule has 0 saturated carbocycles. The average Bonchev–Trinajstić information content (AvgIpc) is 2.77. The van der Waals surface area contributed by atoms with Crippen LogP contribution in [0, 0.1) is 0 Å². The molecular weight excluding hydrogens is 364 g/mol. The molecule has 5 nitrogen and oxygen atoms in total. The number of anilines is 1. The molecule has 0 heterocycles. The van der Waals surface area contributed by atoms with Crippen LogP contribution in [0.1, 0.15) is 39.6 Å². The number of carbonyl (C=O) groups is 2. The second kappa shape index (κ2) is 10.1. The highest BCUT2D eigenvalue weighted by molar-refractivity contribution is 6.06. The molecule has 3 aromatic rings. The summed E-state index contributed by atoms with van der Waals surface area (Å²) in [6.07, 6.45) is 0.865. The SMILES string of the molecule is CCCOc1ccccc1C(=O)Nc1ccc(C(=O)NCc2ccccc2)cc1. The van der Waals surface area contributed by atoms with Gasteiger partial charge in [-0.2, -0.15) is 0 Å². The van der Waals surface area contributed by atoms with E-state index in [-0.39, 0.29) is 11.8 Å². The monoisotopic (exact) mass is 388 g/mol. The molecule has 0 aliphatic heterocycles. The predicted octanol–water partition coefficient (Wildman–Crippen LogP) is 4.66. The highest BCUT2D eigenvalue weighted by Crippen LogP contribution is 2.20. The molecule has 0 aromatic heterocycles. The van der Waals surface area contributed by atoms with Crippen molar-refractivity contribution in [2.75, 3.05) is 11.9 Å². The Bertz CT molecular complexity index is 953. The molecule has 0 fully saturated rings. The van der Waals surface area contributed by atoms with Gasteiger partial charge in [-0.15, -0.1) is 0 Å². The van der Waals surface area contributed by atoms with Crippen LogP contribution in [0.25, 0.3) is 0 Å². The van der Waals surface area contributed by atoms with Crippen LogP contribution in [-0.4, -0.2) is 18.4 Å². The smallest absolute Gasteiger partial charge is 0.259 e. The Labute approximate surface area is 170 Å². The molecule has 148 valence electrons. The van der Waals surface area contributed by atoms with Gasteiger partial charge in [0.1, 0.15) is 5.75 Å². The molecule has 29 heavy (non-hydrogen) atoms. The minimum absolute atomic E-state index is 0.162. The summed E-state index contributed by atoms with van der Waals surface area (Å²) >= 11 is 0. The van der Waals surface area contributed by atoms with Crippen molar-refractivity contribution in [3.63, 3.8) is 0 Å². The lowest BCUT2D eigenvalue weighted by Gasteiger charge is -2.11. The number of nitrogens with one attached hydrogen (secondary N) is 2. The van der Waals surface area contributed by atoms with Crippen LogP contribution in [0.3, 0.4) is 0 Å². The fourth-order valence-corrected chi connectivity index (χ4v) is 2.78. The van der Waals surface area contributed by atoms with E-state index in [0.29, 0.717) is 35.7 Å². The molecule has 0 saturated heterocycles. The van der Waals surface area contributed by atoms with Crippen LogP contribution in [0.15, 0.2) is 78.9 Å². The molecule has 0 bridgehead atoms. The van der Waals surface area contributed by atoms with Crippen molar-refractivity contribution in [1.82, 2.24) is 5.32 Å². The summed E-state index contributed by atoms with van der Waals surface area (Å²) in [5, 5.41) is 5.73. The summed E-state index contributed by atoms with van der Waals surface area (Å²) in [7, 11) is 0. The highest BCUT2D eigenvalue weighted by atomic mass is 16.5. The highest BCUT2D eigenvalue weighted by Gasteiger charge is 2.13. The van der Waals surface area contributed by atoms with Gasteiger partial charge in [0, 0.05) is 17.8 Å². The third kappa shape index (κ3) is 5.69. The number of para-hydroxylation sites is 1. The Balaban J connectivity index is 1.60. The third-order valence-electron chi connectivity index (χ3n) is 4.29. The molecule has 0 atom stereocenters. The van der Waals surface area contributed by atoms with Crippen molar-refractivity contribution in [3.8, 4) is 5.75 Å². The van der Waals surface area contributed by atoms with E-state index in [1.165, 1.54) is 0 Å². The van der Waals surface area contributed by atoms with Crippen molar-refractivity contribution in [2.24, 2.45) is 0 Å². The molecule has 0 unspecified atom stereocenters. The van der Waals surface area contributed by atoms with Crippen LogP contribution < -0.4 is 15.4 Å². The zero-order valence-corrected chi connectivity index (χ0v) is 16.4. The van der Waals surface area contributed by atoms with E-state index < -0.39 is 0 Å². The zero-order chi connectivity index (χ0) is 20.5. The van der Waals surface area contributed by atoms with Gasteiger partial charge >= 0.3 is 0 Å². The topological polar surface area (TPSA) is 67.4 Å². The molecule has 0 aliphatic rings. The summed E-state index contributed by atoms with van der Waals surface area (Å²) in [5.41, 5.74) is 2.66. The van der Waals surface area contributed by atoms with Crippen molar-refractivity contribution in [2.45, 2.75) is 19.9 Å². The lowest BCUT2D eigenvalue weighted by Crippen LogP contribution is -2.22. The number of ether oxygens (including phenoxy) is 1. The predicted molar refractivity (Wildman–Crippen MR) is 114 cm³/mol. The Hall–Kier alpha value is -3.60. The molecule has 0 spiro atoms. The summed E-state index contributed by atoms with van der Waals surface area (Å²) in [5.74, 6) is 0.145. The molecule has 2 amide bonds. The zero-order valence-electron chi connectivity index (χ0n) is 16.4. The number of hydrogen-bond donors (Lipinski definition) is 2. The fraction of sp³-hybridized carbons (Fsp3) is 0.167. The lowest BCUT2D eigenvalue weighted by molar-refractivity contribution is 0.0950. The first kappa shape index (κ1) is 20.1. The number of carbonyl (C=O) groups excluding carboxylic acids is 2. The van der Waals surface area contributed by atoms with Crippen LogP contribution in [-0.2, 0) is 6.54 Å². The van der Waals surface area contributed by atoms with Crippen molar-refractivity contribution in [3.05, 3.63) is 95.6 Å². The first-order chi connectivity index (χ1) is 14.2. The van der Waals surface area contributed by atoms with E-state index in [2.05, 4.69) is 10.6 Å². The maximum atomic E-state index is 12.6. The Morgan fingerprint density at radius 2 is 1.52 bits per heavy atom. The van der Waals surface area contributed by atoms with Gasteiger partial charge in [-0.1, -0.05) is 49.4 Å². The van der Waals surface area contributed by atoms with Crippen LogP contribution >= 0.6 is 0 Å². The van der Waals surface area contributed by atoms with E-state index in [9.17, 15) is 9.59 Å². The van der Waals surface area contributed by atoms with Gasteiger partial charge in [-0.3, -0.25) is 9.59 Å². The summed E-state index contributed by atoms with van der Waals surface area (Å²) in [4.78, 5) is 24.9. The molecule has 2 N–H and O–H groups in total. The maximum Gasteiger partial charge on any atom is 0.259 e. The number of hydrogen-bond acceptors (Lipinski definition) is 3. The second-order valence-electron chi connectivity index (χ2n) is 6.54. The quantitative estimate of drug-likeness (QED) is 0.590. The number of rotatable bonds is 8. The van der Waals surface area contributed by atoms with Gasteiger partial charge < -0.3 is 15.4 Å². The van der Waals surface area contributed by atoms with Gasteiger partial charge in [-0.05, 0) is 48.4 Å². The number of amides is 2. The van der Waals surface area contributed by atoms with E-state index in [1.54, 1.807) is 42.5 Å². The average molecular weight is 388 g/mol. The molecule has 3 rings (SSSR count). The molecular formula is C24H24N2O3. The maximum absolute atomic E-state index is 12.6. The Morgan fingerprint density at radius 3 is 2.24 bits per heavy atom.